The van der Waals surface area contributed by atoms with Crippen molar-refractivity contribution in [1.29, 1.82) is 0 Å². The Morgan fingerprint density at radius 2 is 2.54 bits per heavy atom. The van der Waals surface area contributed by atoms with Gasteiger partial charge in [0.1, 0.15) is 11.5 Å². The van der Waals surface area contributed by atoms with E-state index in [-0.39, 0.29) is 5.91 Å². The van der Waals surface area contributed by atoms with E-state index in [0.717, 1.165) is 11.5 Å². The molecule has 0 aromatic carbocycles. The topological polar surface area (TPSA) is 55.1 Å². The summed E-state index contributed by atoms with van der Waals surface area (Å²) in [7, 11) is 0. The molecule has 0 saturated heterocycles. The van der Waals surface area contributed by atoms with Crippen LogP contribution in [0.1, 0.15) is 18.4 Å². The number of allylic oxidation sites excluding steroid dienone is 1. The second kappa shape index (κ2) is 4.45. The van der Waals surface area contributed by atoms with Crippen molar-refractivity contribution in [2.75, 3.05) is 0 Å². The molecule has 0 aliphatic rings. The number of aryl methyl sites for hydroxylation is 1. The van der Waals surface area contributed by atoms with Gasteiger partial charge in [0.05, 0.1) is 6.54 Å². The van der Waals surface area contributed by atoms with Crippen molar-refractivity contribution >= 4 is 5.91 Å². The molecule has 1 heterocycles. The van der Waals surface area contributed by atoms with Crippen LogP contribution in [0.15, 0.2) is 22.7 Å². The van der Waals surface area contributed by atoms with Crippen LogP contribution in [-0.2, 0) is 11.3 Å². The first kappa shape index (κ1) is 9.51. The molecule has 0 spiro atoms. The second-order valence-corrected chi connectivity index (χ2v) is 2.65. The van der Waals surface area contributed by atoms with E-state index >= 15 is 0 Å². The molecule has 0 aliphatic carbocycles. The van der Waals surface area contributed by atoms with Crippen LogP contribution in [0.25, 0.3) is 0 Å². The van der Waals surface area contributed by atoms with Crippen LogP contribution in [0.2, 0.25) is 0 Å². The van der Waals surface area contributed by atoms with Crippen molar-refractivity contribution in [1.82, 2.24) is 10.5 Å². The predicted octanol–water partition coefficient (Wildman–Crippen LogP) is 1.18. The van der Waals surface area contributed by atoms with Crippen LogP contribution in [0.3, 0.4) is 0 Å². The van der Waals surface area contributed by atoms with Crippen LogP contribution in [0, 0.1) is 6.92 Å². The monoisotopic (exact) mass is 180 g/mol. The first-order valence-corrected chi connectivity index (χ1v) is 4.05. The summed E-state index contributed by atoms with van der Waals surface area (Å²) < 4.78 is 4.84. The van der Waals surface area contributed by atoms with Gasteiger partial charge in [-0.3, -0.25) is 4.79 Å². The van der Waals surface area contributed by atoms with Gasteiger partial charge in [0.15, 0.2) is 0 Å². The maximum Gasteiger partial charge on any atom is 0.243 e. The molecule has 0 atom stereocenters. The summed E-state index contributed by atoms with van der Waals surface area (Å²) in [5.41, 5.74) is 0.732. The van der Waals surface area contributed by atoms with Crippen molar-refractivity contribution < 1.29 is 9.32 Å². The molecule has 13 heavy (non-hydrogen) atoms. The fourth-order valence-electron chi connectivity index (χ4n) is 0.889. The van der Waals surface area contributed by atoms with Gasteiger partial charge in [0, 0.05) is 6.07 Å². The van der Waals surface area contributed by atoms with Gasteiger partial charge in [0.2, 0.25) is 5.91 Å². The van der Waals surface area contributed by atoms with Gasteiger partial charge in [0.25, 0.3) is 0 Å². The molecule has 4 heteroatoms. The molecule has 0 aliphatic heterocycles. The van der Waals surface area contributed by atoms with E-state index in [1.54, 1.807) is 19.1 Å². The van der Waals surface area contributed by atoms with E-state index in [2.05, 4.69) is 10.5 Å². The van der Waals surface area contributed by atoms with E-state index < -0.39 is 0 Å². The third-order valence-electron chi connectivity index (χ3n) is 1.44. The van der Waals surface area contributed by atoms with Gasteiger partial charge in [-0.1, -0.05) is 11.2 Å². The summed E-state index contributed by atoms with van der Waals surface area (Å²) >= 11 is 0. The molecule has 1 rings (SSSR count). The number of rotatable bonds is 3. The molecule has 4 nitrogen and oxygen atoms in total. The van der Waals surface area contributed by atoms with Crippen LogP contribution >= 0.6 is 0 Å². The molecule has 1 N–H and O–H groups in total. The minimum absolute atomic E-state index is 0.122. The summed E-state index contributed by atoms with van der Waals surface area (Å²) in [6.07, 6.45) is 3.15. The Hall–Kier alpha value is -1.58. The Morgan fingerprint density at radius 1 is 1.77 bits per heavy atom. The Kier molecular flexibility index (Phi) is 3.25. The summed E-state index contributed by atoms with van der Waals surface area (Å²) in [4.78, 5) is 11.0. The number of amides is 1. The zero-order chi connectivity index (χ0) is 9.68. The Labute approximate surface area is 76.6 Å². The van der Waals surface area contributed by atoms with Gasteiger partial charge in [-0.25, -0.2) is 0 Å². The molecule has 0 bridgehead atoms. The van der Waals surface area contributed by atoms with E-state index in [1.165, 1.54) is 6.08 Å². The molecule has 0 unspecified atom stereocenters. The minimum atomic E-state index is -0.122. The lowest BCUT2D eigenvalue weighted by molar-refractivity contribution is -0.116. The molecule has 1 aromatic heterocycles. The summed E-state index contributed by atoms with van der Waals surface area (Å²) in [6.45, 7) is 4.00. The summed E-state index contributed by atoms with van der Waals surface area (Å²) in [6, 6.07) is 1.79. The Balaban J connectivity index is 2.39. The molecule has 70 valence electrons. The van der Waals surface area contributed by atoms with Crippen LogP contribution < -0.4 is 5.32 Å². The maximum absolute atomic E-state index is 11.0. The number of nitrogens with zero attached hydrogens (tertiary/aromatic N) is 1. The SMILES string of the molecule is CC=CC(=O)NCc1cc(C)on1. The largest absolute Gasteiger partial charge is 0.361 e. The molecule has 0 fully saturated rings. The summed E-state index contributed by atoms with van der Waals surface area (Å²) in [5.74, 6) is 0.624. The maximum atomic E-state index is 11.0. The highest BCUT2D eigenvalue weighted by Gasteiger charge is 2.00. The van der Waals surface area contributed by atoms with E-state index in [9.17, 15) is 4.79 Å². The number of carbonyl (C=O) groups excluding carboxylic acids is 1. The number of hydrogen-bond acceptors (Lipinski definition) is 3. The van der Waals surface area contributed by atoms with E-state index in [1.807, 2.05) is 6.92 Å². The van der Waals surface area contributed by atoms with Gasteiger partial charge in [-0.05, 0) is 19.9 Å². The predicted molar refractivity (Wildman–Crippen MR) is 47.9 cm³/mol. The van der Waals surface area contributed by atoms with Gasteiger partial charge >= 0.3 is 0 Å². The average Bonchev–Trinajstić information content (AvgIpc) is 2.49. The Morgan fingerprint density at radius 3 is 3.08 bits per heavy atom. The quantitative estimate of drug-likeness (QED) is 0.710. The standard InChI is InChI=1S/C9H12N2O2/c1-3-4-9(12)10-6-8-5-7(2)13-11-8/h3-5H,6H2,1-2H3,(H,10,12). The zero-order valence-electron chi connectivity index (χ0n) is 7.70. The van der Waals surface area contributed by atoms with E-state index in [4.69, 9.17) is 4.52 Å². The van der Waals surface area contributed by atoms with Crippen LogP contribution in [-0.4, -0.2) is 11.1 Å². The molecule has 1 amide bonds. The third-order valence-corrected chi connectivity index (χ3v) is 1.44. The van der Waals surface area contributed by atoms with Crippen molar-refractivity contribution in [3.05, 3.63) is 29.7 Å². The number of hydrogen-bond donors (Lipinski definition) is 1. The van der Waals surface area contributed by atoms with Gasteiger partial charge in [-0.15, -0.1) is 0 Å². The minimum Gasteiger partial charge on any atom is -0.361 e. The molecular weight excluding hydrogens is 168 g/mol. The molecule has 0 saturated carbocycles. The van der Waals surface area contributed by atoms with Crippen LogP contribution in [0.4, 0.5) is 0 Å². The molecule has 1 aromatic rings. The molecular formula is C9H12N2O2. The van der Waals surface area contributed by atoms with E-state index in [0.29, 0.717) is 6.54 Å². The fourth-order valence-corrected chi connectivity index (χ4v) is 0.889. The van der Waals surface area contributed by atoms with Crippen molar-refractivity contribution in [2.24, 2.45) is 0 Å². The average molecular weight is 180 g/mol. The lowest BCUT2D eigenvalue weighted by Crippen LogP contribution is -2.20. The van der Waals surface area contributed by atoms with Crippen molar-refractivity contribution in [2.45, 2.75) is 20.4 Å². The number of aromatic nitrogens is 1. The lowest BCUT2D eigenvalue weighted by atomic mass is 10.3. The van der Waals surface area contributed by atoms with Crippen molar-refractivity contribution in [3.63, 3.8) is 0 Å². The zero-order valence-corrected chi connectivity index (χ0v) is 7.70. The van der Waals surface area contributed by atoms with Crippen LogP contribution in [0.5, 0.6) is 0 Å². The Bertz CT molecular complexity index is 315. The molecule has 0 radical (unpaired) electrons. The lowest BCUT2D eigenvalue weighted by Gasteiger charge is -1.95. The van der Waals surface area contributed by atoms with Gasteiger partial charge < -0.3 is 9.84 Å². The van der Waals surface area contributed by atoms with Crippen molar-refractivity contribution in [3.8, 4) is 0 Å². The number of carbonyl (C=O) groups is 1. The third kappa shape index (κ3) is 3.11. The highest BCUT2D eigenvalue weighted by atomic mass is 16.5. The number of nitrogens with one attached hydrogen (secondary N) is 1. The smallest absolute Gasteiger partial charge is 0.243 e. The fraction of sp³-hybridized carbons (Fsp3) is 0.333. The van der Waals surface area contributed by atoms with Gasteiger partial charge in [-0.2, -0.15) is 0 Å². The second-order valence-electron chi connectivity index (χ2n) is 2.65. The normalized spacial score (nSPS) is 10.6. The summed E-state index contributed by atoms with van der Waals surface area (Å²) in [5, 5.41) is 6.40. The highest BCUT2D eigenvalue weighted by Crippen LogP contribution is 2.00. The first-order chi connectivity index (χ1) is 6.22. The highest BCUT2D eigenvalue weighted by molar-refractivity contribution is 5.87. The first-order valence-electron chi connectivity index (χ1n) is 4.05.